The molecule has 2 rings (SSSR count). The molecule has 0 aromatic heterocycles. The van der Waals surface area contributed by atoms with Gasteiger partial charge in [-0.3, -0.25) is 24.7 Å². The Hall–Kier alpha value is -3.21. The monoisotopic (exact) mass is 652 g/mol. The number of hydrogen-bond acceptors (Lipinski definition) is 8. The maximum atomic E-state index is 14.6. The van der Waals surface area contributed by atoms with Gasteiger partial charge in [0.25, 0.3) is 0 Å². The number of β-lactam (4-membered cyclic amide) rings is 1. The molecular weight excluding hydrogens is 595 g/mol. The summed E-state index contributed by atoms with van der Waals surface area (Å²) in [7, 11) is 5.21. The number of Topliss-reactive ketones (excluding diaryl/α,β-unsaturated/α-hetero) is 2. The molecule has 10 nitrogen and oxygen atoms in total. The third-order valence-electron chi connectivity index (χ3n) is 9.42. The average Bonchev–Trinajstić information content (AvgIpc) is 2.98. The minimum atomic E-state index is -1.31. The van der Waals surface area contributed by atoms with Gasteiger partial charge in [0.1, 0.15) is 18.0 Å². The Morgan fingerprint density at radius 3 is 2.06 bits per heavy atom. The molecular formula is C36H57BN4O6. The van der Waals surface area contributed by atoms with Gasteiger partial charge in [0.05, 0.1) is 29.1 Å². The van der Waals surface area contributed by atoms with Crippen molar-refractivity contribution in [3.05, 3.63) is 35.4 Å². The lowest BCUT2D eigenvalue weighted by molar-refractivity contribution is -0.178. The van der Waals surface area contributed by atoms with Gasteiger partial charge in [-0.2, -0.15) is 0 Å². The number of ketones is 2. The number of likely N-dealkylation sites (tertiary alicyclic amines) is 1. The Kier molecular flexibility index (Phi) is 13.1. The average molecular weight is 653 g/mol. The summed E-state index contributed by atoms with van der Waals surface area (Å²) in [6.07, 6.45) is 4.48. The number of carbonyl (C=O) groups is 4. The highest BCUT2D eigenvalue weighted by Crippen LogP contribution is 2.41. The lowest BCUT2D eigenvalue weighted by Gasteiger charge is -2.60. The highest BCUT2D eigenvalue weighted by molar-refractivity contribution is 6.04. The molecule has 2 radical (unpaired) electrons. The molecule has 0 spiro atoms. The maximum Gasteiger partial charge on any atom is 0.408 e. The van der Waals surface area contributed by atoms with Gasteiger partial charge in [0.2, 0.25) is 5.91 Å². The third kappa shape index (κ3) is 9.03. The van der Waals surface area contributed by atoms with Crippen LogP contribution in [0.2, 0.25) is 0 Å². The van der Waals surface area contributed by atoms with Crippen molar-refractivity contribution in [3.63, 3.8) is 0 Å². The van der Waals surface area contributed by atoms with Crippen LogP contribution in [0.25, 0.3) is 0 Å². The zero-order chi connectivity index (χ0) is 36.0. The van der Waals surface area contributed by atoms with E-state index < -0.39 is 51.7 Å². The molecule has 1 aliphatic rings. The highest BCUT2D eigenvalue weighted by atomic mass is 16.6. The maximum absolute atomic E-state index is 14.6. The second kappa shape index (κ2) is 15.3. The Bertz CT molecular complexity index is 1300. The van der Waals surface area contributed by atoms with Crippen molar-refractivity contribution in [2.75, 3.05) is 6.54 Å². The van der Waals surface area contributed by atoms with Crippen LogP contribution in [0.15, 0.2) is 29.3 Å². The van der Waals surface area contributed by atoms with Crippen molar-refractivity contribution in [3.8, 4) is 0 Å². The highest BCUT2D eigenvalue weighted by Gasteiger charge is 2.62. The molecule has 2 atom stereocenters. The van der Waals surface area contributed by atoms with E-state index in [4.69, 9.17) is 12.8 Å². The van der Waals surface area contributed by atoms with Gasteiger partial charge in [-0.25, -0.2) is 4.79 Å². The second-order valence-corrected chi connectivity index (χ2v) is 15.3. The summed E-state index contributed by atoms with van der Waals surface area (Å²) in [5.41, 5.74) is -3.11. The molecule has 0 saturated carbocycles. The molecule has 2 N–H and O–H groups in total. The summed E-state index contributed by atoms with van der Waals surface area (Å²) < 4.78 is 9.94. The summed E-state index contributed by atoms with van der Waals surface area (Å²) in [5.74, 6) is -1.53. The number of nitrogens with zero attached hydrogens (tertiary/aromatic N) is 2. The number of unbranched alkanes of at least 4 members (excludes halogenated alkanes) is 1. The molecule has 1 aromatic rings. The number of aliphatic imine (C=N–C) groups is 1. The van der Waals surface area contributed by atoms with Crippen LogP contribution >= 0.6 is 0 Å². The molecule has 2 amide bonds. The minimum Gasteiger partial charge on any atom is -0.560 e. The number of hydrogen-bond donors (Lipinski definition) is 2. The molecule has 1 saturated heterocycles. The first-order chi connectivity index (χ1) is 21.6. The summed E-state index contributed by atoms with van der Waals surface area (Å²) in [4.78, 5) is 60.7. The molecule has 1 aliphatic heterocycles. The lowest BCUT2D eigenvalue weighted by atomic mass is 9.70. The van der Waals surface area contributed by atoms with Crippen LogP contribution in [0.3, 0.4) is 0 Å². The van der Waals surface area contributed by atoms with Gasteiger partial charge in [-0.15, -0.1) is 0 Å². The first-order valence-corrected chi connectivity index (χ1v) is 16.8. The number of rotatable bonds is 17. The molecule has 1 heterocycles. The molecule has 1 aromatic carbocycles. The van der Waals surface area contributed by atoms with E-state index in [1.165, 1.54) is 10.5 Å². The number of carbonyl (C=O) groups excluding carboxylic acids is 4. The first kappa shape index (κ1) is 40.0. The molecule has 0 unspecified atom stereocenters. The Labute approximate surface area is 283 Å². The molecule has 0 bridgehead atoms. The molecule has 0 aliphatic carbocycles. The van der Waals surface area contributed by atoms with Crippen LogP contribution in [-0.4, -0.2) is 83.3 Å². The van der Waals surface area contributed by atoms with Crippen LogP contribution in [0.4, 0.5) is 4.79 Å². The SMILES string of the molecule is [B]OC=NC[C@@H](C(=O)C(C)(C)N1C(=O)[C@H](NC(=O)OC(C)(C)C)C1(C)C)C(C)(C)NC(CC)(CC)C(=O)c1ccc(CCCC)cc1. The Morgan fingerprint density at radius 2 is 1.60 bits per heavy atom. The van der Waals surface area contributed by atoms with Crippen LogP contribution in [0.5, 0.6) is 0 Å². The Morgan fingerprint density at radius 1 is 1.02 bits per heavy atom. The fourth-order valence-corrected chi connectivity index (χ4v) is 6.79. The van der Waals surface area contributed by atoms with Gasteiger partial charge in [0, 0.05) is 11.1 Å². The van der Waals surface area contributed by atoms with Crippen molar-refractivity contribution in [2.45, 2.75) is 149 Å². The first-order valence-electron chi connectivity index (χ1n) is 16.8. The fraction of sp³-hybridized carbons (Fsp3) is 0.694. The Balaban J connectivity index is 2.44. The molecule has 11 heteroatoms. The van der Waals surface area contributed by atoms with E-state index in [1.807, 2.05) is 52.0 Å². The van der Waals surface area contributed by atoms with Crippen molar-refractivity contribution in [1.29, 1.82) is 0 Å². The zero-order valence-electron chi connectivity index (χ0n) is 30.7. The summed E-state index contributed by atoms with van der Waals surface area (Å²) in [6.45, 7) is 22.0. The largest absolute Gasteiger partial charge is 0.560 e. The van der Waals surface area contributed by atoms with Crippen molar-refractivity contribution in [2.24, 2.45) is 10.9 Å². The van der Waals surface area contributed by atoms with Crippen molar-refractivity contribution < 1.29 is 28.6 Å². The van der Waals surface area contributed by atoms with Gasteiger partial charge in [0.15, 0.2) is 11.6 Å². The normalized spacial score (nSPS) is 17.7. The molecule has 260 valence electrons. The summed E-state index contributed by atoms with van der Waals surface area (Å²) in [5, 5.41) is 6.28. The van der Waals surface area contributed by atoms with Crippen molar-refractivity contribution in [1.82, 2.24) is 15.5 Å². The van der Waals surface area contributed by atoms with E-state index in [0.717, 1.165) is 25.7 Å². The van der Waals surface area contributed by atoms with E-state index in [-0.39, 0.29) is 18.1 Å². The smallest absolute Gasteiger partial charge is 0.408 e. The number of alkyl carbamates (subject to hydrolysis) is 1. The van der Waals surface area contributed by atoms with Gasteiger partial charge < -0.3 is 19.6 Å². The predicted octanol–water partition coefficient (Wildman–Crippen LogP) is 5.75. The quantitative estimate of drug-likeness (QED) is 0.0722. The number of nitrogens with one attached hydrogen (secondary N) is 2. The summed E-state index contributed by atoms with van der Waals surface area (Å²) in [6, 6.07) is 6.91. The van der Waals surface area contributed by atoms with Gasteiger partial charge >= 0.3 is 14.1 Å². The zero-order valence-corrected chi connectivity index (χ0v) is 30.7. The van der Waals surface area contributed by atoms with Crippen LogP contribution in [0, 0.1) is 5.92 Å². The number of amides is 2. The van der Waals surface area contributed by atoms with Gasteiger partial charge in [-0.05, 0) is 93.6 Å². The van der Waals surface area contributed by atoms with E-state index in [1.54, 1.807) is 48.5 Å². The third-order valence-corrected chi connectivity index (χ3v) is 9.42. The standard InChI is InChI=1S/C36H57BN4O6/c1-13-16-17-24-18-20-25(21-19-24)28(42)36(14-2,15-3)40-33(7,8)26(22-38-23-46-37)29(43)35(11,12)41-30(44)27(34(41,9)10)39-31(45)47-32(4,5)6/h18-21,23,26-27,40H,13-17,22H2,1-12H3,(H,39,45)/t26-,27-/m0/s1. The topological polar surface area (TPSA) is 126 Å². The number of benzene rings is 1. The number of ether oxygens (including phenoxy) is 1. The van der Waals surface area contributed by atoms with Crippen LogP contribution in [0.1, 0.15) is 125 Å². The molecule has 1 fully saturated rings. The lowest BCUT2D eigenvalue weighted by Crippen LogP contribution is -2.82. The van der Waals surface area contributed by atoms with E-state index in [9.17, 15) is 19.2 Å². The number of aryl methyl sites for hydroxylation is 1. The van der Waals surface area contributed by atoms with E-state index >= 15 is 0 Å². The second-order valence-electron chi connectivity index (χ2n) is 15.3. The summed E-state index contributed by atoms with van der Waals surface area (Å²) >= 11 is 0. The van der Waals surface area contributed by atoms with Gasteiger partial charge in [-0.1, -0.05) is 51.5 Å². The fourth-order valence-electron chi connectivity index (χ4n) is 6.79. The van der Waals surface area contributed by atoms with Crippen molar-refractivity contribution >= 4 is 38.0 Å². The minimum absolute atomic E-state index is 0.00860. The van der Waals surface area contributed by atoms with Crippen LogP contribution < -0.4 is 10.6 Å². The molecule has 47 heavy (non-hydrogen) atoms. The van der Waals surface area contributed by atoms with Crippen LogP contribution in [-0.2, 0) is 25.4 Å². The van der Waals surface area contributed by atoms with E-state index in [2.05, 4.69) is 27.2 Å². The van der Waals surface area contributed by atoms with E-state index in [0.29, 0.717) is 18.4 Å². The predicted molar refractivity (Wildman–Crippen MR) is 187 cm³/mol.